The minimum atomic E-state index is -4.16. The van der Waals surface area contributed by atoms with Crippen molar-refractivity contribution in [2.45, 2.75) is 18.7 Å². The lowest BCUT2D eigenvalue weighted by Gasteiger charge is -2.16. The zero-order chi connectivity index (χ0) is 25.0. The van der Waals surface area contributed by atoms with Gasteiger partial charge in [-0.05, 0) is 49.6 Å². The van der Waals surface area contributed by atoms with Crippen LogP contribution in [0.15, 0.2) is 83.1 Å². The summed E-state index contributed by atoms with van der Waals surface area (Å²) in [4.78, 5) is 27.1. The summed E-state index contributed by atoms with van der Waals surface area (Å²) >= 11 is 1.24. The topological polar surface area (TPSA) is 91.7 Å². The van der Waals surface area contributed by atoms with Gasteiger partial charge in [-0.15, -0.1) is 11.3 Å². The number of carbonyl (C=O) groups is 2. The second-order valence-electron chi connectivity index (χ2n) is 7.34. The third-order valence-electron chi connectivity index (χ3n) is 5.18. The van der Waals surface area contributed by atoms with Crippen LogP contribution < -0.4 is 0 Å². The maximum Gasteiger partial charge on any atom is 0.341 e. The highest BCUT2D eigenvalue weighted by molar-refractivity contribution is 7.90. The van der Waals surface area contributed by atoms with Gasteiger partial charge >= 0.3 is 11.9 Å². The molecule has 0 spiro atoms. The number of para-hydroxylation sites is 1. The van der Waals surface area contributed by atoms with E-state index < -0.39 is 22.0 Å². The fourth-order valence-corrected chi connectivity index (χ4v) is 6.05. The van der Waals surface area contributed by atoms with Crippen molar-refractivity contribution in [3.63, 3.8) is 0 Å². The van der Waals surface area contributed by atoms with Crippen molar-refractivity contribution in [1.82, 2.24) is 3.97 Å². The number of hydrogen-bond acceptors (Lipinski definition) is 7. The highest BCUT2D eigenvalue weighted by Crippen LogP contribution is 2.36. The molecule has 2 heterocycles. The standard InChI is InChI=1S/C26H23NO6S2/c1-3-32-25(28)23(24(26(29)33-4-2)22-15-10-16-34-22)21-17-18-11-8-9-14-20(18)27(21)35(30,31)19-12-6-5-7-13-19/h5-17H,3-4H2,1-2H3/b24-23+. The Balaban J connectivity index is 2.15. The van der Waals surface area contributed by atoms with E-state index in [1.54, 1.807) is 79.9 Å². The third kappa shape index (κ3) is 4.65. The van der Waals surface area contributed by atoms with Crippen molar-refractivity contribution in [1.29, 1.82) is 0 Å². The van der Waals surface area contributed by atoms with Crippen LogP contribution in [0.3, 0.4) is 0 Å². The van der Waals surface area contributed by atoms with Crippen LogP contribution in [0.1, 0.15) is 24.4 Å². The molecule has 2 aromatic carbocycles. The molecule has 2 aromatic heterocycles. The first-order valence-corrected chi connectivity index (χ1v) is 13.3. The molecular formula is C26H23NO6S2. The number of ether oxygens (including phenoxy) is 2. The molecule has 4 aromatic rings. The van der Waals surface area contributed by atoms with Gasteiger partial charge in [-0.3, -0.25) is 0 Å². The molecule has 180 valence electrons. The van der Waals surface area contributed by atoms with Gasteiger partial charge in [-0.2, -0.15) is 0 Å². The quantitative estimate of drug-likeness (QED) is 0.246. The SMILES string of the molecule is CCOC(=O)/C(=C(/C(=O)OCC)c1cc2ccccc2n1S(=O)(=O)c1ccccc1)c1cccs1. The number of thiophene rings is 1. The van der Waals surface area contributed by atoms with Crippen LogP contribution in [0.2, 0.25) is 0 Å². The van der Waals surface area contributed by atoms with Crippen molar-refractivity contribution < 1.29 is 27.5 Å². The van der Waals surface area contributed by atoms with Crippen LogP contribution in [0.4, 0.5) is 0 Å². The minimum Gasteiger partial charge on any atom is -0.462 e. The Morgan fingerprint density at radius 3 is 2.09 bits per heavy atom. The molecule has 35 heavy (non-hydrogen) atoms. The van der Waals surface area contributed by atoms with Crippen molar-refractivity contribution >= 4 is 55.3 Å². The maximum absolute atomic E-state index is 13.9. The van der Waals surface area contributed by atoms with Crippen molar-refractivity contribution in [3.05, 3.63) is 88.7 Å². The van der Waals surface area contributed by atoms with E-state index in [0.29, 0.717) is 15.8 Å². The Morgan fingerprint density at radius 1 is 0.829 bits per heavy atom. The van der Waals surface area contributed by atoms with Crippen molar-refractivity contribution in [2.24, 2.45) is 0 Å². The Morgan fingerprint density at radius 2 is 1.46 bits per heavy atom. The van der Waals surface area contributed by atoms with E-state index in [2.05, 4.69) is 0 Å². The second-order valence-corrected chi connectivity index (χ2v) is 10.1. The Labute approximate surface area is 207 Å². The summed E-state index contributed by atoms with van der Waals surface area (Å²) in [5, 5.41) is 2.34. The number of benzene rings is 2. The molecule has 0 fully saturated rings. The van der Waals surface area contributed by atoms with E-state index >= 15 is 0 Å². The lowest BCUT2D eigenvalue weighted by Crippen LogP contribution is -2.21. The lowest BCUT2D eigenvalue weighted by molar-refractivity contribution is -0.138. The molecule has 0 atom stereocenters. The molecular weight excluding hydrogens is 486 g/mol. The predicted molar refractivity (Wildman–Crippen MR) is 135 cm³/mol. The first-order valence-electron chi connectivity index (χ1n) is 10.9. The maximum atomic E-state index is 13.9. The number of hydrogen-bond donors (Lipinski definition) is 0. The molecule has 0 aliphatic rings. The van der Waals surface area contributed by atoms with Crippen molar-refractivity contribution in [2.75, 3.05) is 13.2 Å². The number of fused-ring (bicyclic) bond motifs is 1. The van der Waals surface area contributed by atoms with Gasteiger partial charge in [0.2, 0.25) is 0 Å². The Bertz CT molecular complexity index is 1500. The van der Waals surface area contributed by atoms with E-state index in [1.165, 1.54) is 23.5 Å². The number of nitrogens with zero attached hydrogens (tertiary/aromatic N) is 1. The Kier molecular flexibility index (Phi) is 7.18. The number of carbonyl (C=O) groups excluding carboxylic acids is 2. The van der Waals surface area contributed by atoms with Crippen LogP contribution in [-0.4, -0.2) is 37.5 Å². The summed E-state index contributed by atoms with van der Waals surface area (Å²) in [5.74, 6) is -1.57. The van der Waals surface area contributed by atoms with Crippen molar-refractivity contribution in [3.8, 4) is 0 Å². The highest BCUT2D eigenvalue weighted by atomic mass is 32.2. The molecule has 0 radical (unpaired) electrons. The summed E-state index contributed by atoms with van der Waals surface area (Å²) in [6, 6.07) is 19.8. The first kappa shape index (κ1) is 24.4. The van der Waals surface area contributed by atoms with E-state index in [-0.39, 0.29) is 34.9 Å². The summed E-state index contributed by atoms with van der Waals surface area (Å²) in [7, 11) is -4.16. The fraction of sp³-hybridized carbons (Fsp3) is 0.154. The first-order chi connectivity index (χ1) is 16.9. The van der Waals surface area contributed by atoms with Crippen LogP contribution in [0.5, 0.6) is 0 Å². The van der Waals surface area contributed by atoms with Crippen LogP contribution in [0.25, 0.3) is 22.0 Å². The van der Waals surface area contributed by atoms with Crippen LogP contribution in [-0.2, 0) is 29.1 Å². The third-order valence-corrected chi connectivity index (χ3v) is 7.81. The number of rotatable bonds is 8. The van der Waals surface area contributed by atoms with Gasteiger partial charge in [0, 0.05) is 10.3 Å². The van der Waals surface area contributed by atoms with Gasteiger partial charge in [0.15, 0.2) is 0 Å². The molecule has 0 bridgehead atoms. The average Bonchev–Trinajstić information content (AvgIpc) is 3.51. The van der Waals surface area contributed by atoms with Gasteiger partial charge < -0.3 is 9.47 Å². The molecule has 7 nitrogen and oxygen atoms in total. The predicted octanol–water partition coefficient (Wildman–Crippen LogP) is 4.98. The largest absolute Gasteiger partial charge is 0.462 e. The van der Waals surface area contributed by atoms with Gasteiger partial charge in [0.25, 0.3) is 10.0 Å². The van der Waals surface area contributed by atoms with E-state index in [0.717, 1.165) is 3.97 Å². The van der Waals surface area contributed by atoms with Gasteiger partial charge in [0.05, 0.1) is 34.9 Å². The zero-order valence-corrected chi connectivity index (χ0v) is 20.8. The van der Waals surface area contributed by atoms with Gasteiger partial charge in [-0.1, -0.05) is 42.5 Å². The lowest BCUT2D eigenvalue weighted by atomic mass is 10.0. The monoisotopic (exact) mass is 509 g/mol. The highest BCUT2D eigenvalue weighted by Gasteiger charge is 2.33. The summed E-state index contributed by atoms with van der Waals surface area (Å²) in [6.07, 6.45) is 0. The average molecular weight is 510 g/mol. The molecule has 0 saturated carbocycles. The van der Waals surface area contributed by atoms with Crippen LogP contribution >= 0.6 is 11.3 Å². The van der Waals surface area contributed by atoms with Crippen LogP contribution in [0, 0.1) is 0 Å². The molecule has 0 aliphatic carbocycles. The smallest absolute Gasteiger partial charge is 0.341 e. The zero-order valence-electron chi connectivity index (χ0n) is 19.1. The van der Waals surface area contributed by atoms with E-state index in [4.69, 9.17) is 9.47 Å². The molecule has 0 aliphatic heterocycles. The molecule has 4 rings (SSSR count). The normalized spacial score (nSPS) is 12.3. The molecule has 0 unspecified atom stereocenters. The molecule has 0 N–H and O–H groups in total. The summed E-state index contributed by atoms with van der Waals surface area (Å²) < 4.78 is 39.5. The molecule has 0 amide bonds. The molecule has 9 heteroatoms. The fourth-order valence-electron chi connectivity index (χ4n) is 3.75. The van der Waals surface area contributed by atoms with Gasteiger partial charge in [-0.25, -0.2) is 22.0 Å². The van der Waals surface area contributed by atoms with E-state index in [9.17, 15) is 18.0 Å². The number of esters is 2. The van der Waals surface area contributed by atoms with E-state index in [1.807, 2.05) is 0 Å². The molecule has 0 saturated heterocycles. The minimum absolute atomic E-state index is 0.0185. The second kappa shape index (κ2) is 10.3. The summed E-state index contributed by atoms with van der Waals surface area (Å²) in [5.41, 5.74) is 0.156. The number of aromatic nitrogens is 1. The Hall–Kier alpha value is -3.69. The van der Waals surface area contributed by atoms with Gasteiger partial charge in [0.1, 0.15) is 5.57 Å². The summed E-state index contributed by atoms with van der Waals surface area (Å²) in [6.45, 7) is 3.41.